The Bertz CT molecular complexity index is 328. The number of nitrogens with zero attached hydrogens (tertiary/aromatic N) is 1. The van der Waals surface area contributed by atoms with Gasteiger partial charge in [-0.05, 0) is 26.7 Å². The molecule has 0 aromatic rings. The Labute approximate surface area is 120 Å². The van der Waals surface area contributed by atoms with Crippen molar-refractivity contribution in [1.29, 1.82) is 0 Å². The molecule has 6 heteroatoms. The molecule has 110 valence electrons. The Kier molecular flexibility index (Phi) is 6.16. The molecule has 0 aromatic carbocycles. The van der Waals surface area contributed by atoms with Crippen molar-refractivity contribution in [2.45, 2.75) is 32.7 Å². The van der Waals surface area contributed by atoms with Crippen molar-refractivity contribution in [3.05, 3.63) is 0 Å². The monoisotopic (exact) mass is 288 g/mol. The van der Waals surface area contributed by atoms with E-state index in [4.69, 9.17) is 27.4 Å². The molecular weight excluding hydrogens is 264 g/mol. The van der Waals surface area contributed by atoms with E-state index in [0.717, 1.165) is 0 Å². The lowest BCUT2D eigenvalue weighted by Crippen LogP contribution is -2.55. The van der Waals surface area contributed by atoms with Crippen LogP contribution in [0.15, 0.2) is 0 Å². The van der Waals surface area contributed by atoms with Gasteiger partial charge in [0.2, 0.25) is 5.91 Å². The number of amides is 1. The summed E-state index contributed by atoms with van der Waals surface area (Å²) in [7, 11) is 1.63. The van der Waals surface area contributed by atoms with Gasteiger partial charge in [0.15, 0.2) is 0 Å². The third kappa shape index (κ3) is 3.64. The maximum atomic E-state index is 12.9. The molecule has 0 radical (unpaired) electrons. The van der Waals surface area contributed by atoms with Crippen molar-refractivity contribution in [1.82, 2.24) is 4.90 Å². The summed E-state index contributed by atoms with van der Waals surface area (Å²) in [5.74, 6) is 0.00958. The van der Waals surface area contributed by atoms with Gasteiger partial charge in [0.05, 0.1) is 11.6 Å². The van der Waals surface area contributed by atoms with E-state index in [1.165, 1.54) is 0 Å². The van der Waals surface area contributed by atoms with Gasteiger partial charge in [-0.15, -0.1) is 0 Å². The molecule has 0 aromatic heterocycles. The molecule has 1 rings (SSSR count). The smallest absolute Gasteiger partial charge is 0.236 e. The van der Waals surface area contributed by atoms with Crippen LogP contribution >= 0.6 is 12.2 Å². The molecule has 5 nitrogen and oxygen atoms in total. The van der Waals surface area contributed by atoms with Gasteiger partial charge in [-0.25, -0.2) is 0 Å². The molecule has 1 heterocycles. The first-order valence-electron chi connectivity index (χ1n) is 6.63. The summed E-state index contributed by atoms with van der Waals surface area (Å²) < 4.78 is 10.4. The van der Waals surface area contributed by atoms with Gasteiger partial charge in [0, 0.05) is 32.9 Å². The van der Waals surface area contributed by atoms with Gasteiger partial charge in [0.1, 0.15) is 5.41 Å². The van der Waals surface area contributed by atoms with E-state index >= 15 is 0 Å². The minimum atomic E-state index is -0.744. The van der Waals surface area contributed by atoms with Crippen molar-refractivity contribution >= 4 is 23.1 Å². The molecule has 1 aliphatic heterocycles. The van der Waals surface area contributed by atoms with Crippen LogP contribution in [0.25, 0.3) is 0 Å². The second-order valence-electron chi connectivity index (χ2n) is 5.14. The molecule has 0 spiro atoms. The molecule has 2 N–H and O–H groups in total. The number of nitrogens with two attached hydrogens (primary N) is 1. The number of hydrogen-bond acceptors (Lipinski definition) is 4. The van der Waals surface area contributed by atoms with Crippen LogP contribution in [0, 0.1) is 5.41 Å². The molecule has 1 aliphatic rings. The summed E-state index contributed by atoms with van der Waals surface area (Å²) in [4.78, 5) is 14.9. The molecule has 1 saturated heterocycles. The fraction of sp³-hybridized carbons (Fsp3) is 0.846. The zero-order valence-corrected chi connectivity index (χ0v) is 12.8. The van der Waals surface area contributed by atoms with Crippen LogP contribution in [0.2, 0.25) is 0 Å². The lowest BCUT2D eigenvalue weighted by atomic mass is 9.78. The normalized spacial score (nSPS) is 18.3. The standard InChI is InChI=1S/C13H24N2O3S/c1-10(2)15(6-9-17-3)12(16)13(11(14)19)4-7-18-8-5-13/h10H,4-9H2,1-3H3,(H2,14,19). The zero-order valence-electron chi connectivity index (χ0n) is 12.0. The fourth-order valence-electron chi connectivity index (χ4n) is 2.34. The Morgan fingerprint density at radius 1 is 1.47 bits per heavy atom. The van der Waals surface area contributed by atoms with Crippen LogP contribution in [0.1, 0.15) is 26.7 Å². The third-order valence-electron chi connectivity index (χ3n) is 3.65. The van der Waals surface area contributed by atoms with Gasteiger partial charge in [-0.2, -0.15) is 0 Å². The van der Waals surface area contributed by atoms with Crippen LogP contribution in [0.3, 0.4) is 0 Å². The summed E-state index contributed by atoms with van der Waals surface area (Å²) in [6.07, 6.45) is 1.13. The second kappa shape index (κ2) is 7.17. The number of ether oxygens (including phenoxy) is 2. The Morgan fingerprint density at radius 3 is 2.47 bits per heavy atom. The molecule has 0 atom stereocenters. The maximum Gasteiger partial charge on any atom is 0.236 e. The molecule has 0 bridgehead atoms. The van der Waals surface area contributed by atoms with Gasteiger partial charge < -0.3 is 20.1 Å². The first-order valence-corrected chi connectivity index (χ1v) is 7.04. The van der Waals surface area contributed by atoms with Crippen molar-refractivity contribution in [3.8, 4) is 0 Å². The summed E-state index contributed by atoms with van der Waals surface area (Å²) in [6.45, 7) is 6.09. The first kappa shape index (κ1) is 16.3. The highest BCUT2D eigenvalue weighted by Gasteiger charge is 2.45. The number of thiocarbonyl (C=S) groups is 1. The SMILES string of the molecule is COCCN(C(=O)C1(C(N)=S)CCOCC1)C(C)C. The summed E-state index contributed by atoms with van der Waals surface area (Å²) in [6, 6.07) is 0.0942. The zero-order chi connectivity index (χ0) is 14.5. The molecule has 1 fully saturated rings. The van der Waals surface area contributed by atoms with Crippen LogP contribution in [0.5, 0.6) is 0 Å². The van der Waals surface area contributed by atoms with Crippen molar-refractivity contribution in [2.24, 2.45) is 11.1 Å². The summed E-state index contributed by atoms with van der Waals surface area (Å²) >= 11 is 5.17. The quantitative estimate of drug-likeness (QED) is 0.737. The highest BCUT2D eigenvalue weighted by atomic mass is 32.1. The van der Waals surface area contributed by atoms with Gasteiger partial charge in [0.25, 0.3) is 0 Å². The number of carbonyl (C=O) groups is 1. The Hall–Kier alpha value is -0.720. The number of methoxy groups -OCH3 is 1. The highest BCUT2D eigenvalue weighted by Crippen LogP contribution is 2.33. The van der Waals surface area contributed by atoms with Gasteiger partial charge in [-0.1, -0.05) is 12.2 Å². The number of carbonyl (C=O) groups excluding carboxylic acids is 1. The van der Waals surface area contributed by atoms with E-state index in [0.29, 0.717) is 39.2 Å². The average molecular weight is 288 g/mol. The number of hydrogen-bond donors (Lipinski definition) is 1. The number of rotatable bonds is 6. The highest BCUT2D eigenvalue weighted by molar-refractivity contribution is 7.80. The molecule has 0 aliphatic carbocycles. The minimum absolute atomic E-state index is 0.00958. The molecule has 0 saturated carbocycles. The molecule has 0 unspecified atom stereocenters. The lowest BCUT2D eigenvalue weighted by Gasteiger charge is -2.40. The molecule has 19 heavy (non-hydrogen) atoms. The van der Waals surface area contributed by atoms with E-state index in [1.54, 1.807) is 12.0 Å². The average Bonchev–Trinajstić information content (AvgIpc) is 2.39. The topological polar surface area (TPSA) is 64.8 Å². The predicted octanol–water partition coefficient (Wildman–Crippen LogP) is 0.953. The molecule has 1 amide bonds. The van der Waals surface area contributed by atoms with Crippen LogP contribution in [-0.4, -0.2) is 55.3 Å². The maximum absolute atomic E-state index is 12.9. The first-order chi connectivity index (χ1) is 8.95. The van der Waals surface area contributed by atoms with Crippen LogP contribution in [0.4, 0.5) is 0 Å². The molecular formula is C13H24N2O3S. The lowest BCUT2D eigenvalue weighted by molar-refractivity contribution is -0.144. The van der Waals surface area contributed by atoms with Gasteiger partial charge >= 0.3 is 0 Å². The Balaban J connectivity index is 2.93. The second-order valence-corrected chi connectivity index (χ2v) is 5.58. The minimum Gasteiger partial charge on any atom is -0.392 e. The fourth-order valence-corrected chi connectivity index (χ4v) is 2.64. The van der Waals surface area contributed by atoms with Gasteiger partial charge in [-0.3, -0.25) is 4.79 Å². The summed E-state index contributed by atoms with van der Waals surface area (Å²) in [5, 5.41) is 0. The summed E-state index contributed by atoms with van der Waals surface area (Å²) in [5.41, 5.74) is 5.12. The van der Waals surface area contributed by atoms with Crippen LogP contribution in [-0.2, 0) is 14.3 Å². The van der Waals surface area contributed by atoms with Crippen molar-refractivity contribution < 1.29 is 14.3 Å². The van der Waals surface area contributed by atoms with E-state index in [2.05, 4.69) is 0 Å². The Morgan fingerprint density at radius 2 is 2.05 bits per heavy atom. The van der Waals surface area contributed by atoms with E-state index in [9.17, 15) is 4.79 Å². The third-order valence-corrected chi connectivity index (χ3v) is 4.04. The van der Waals surface area contributed by atoms with Crippen LogP contribution < -0.4 is 5.73 Å². The van der Waals surface area contributed by atoms with E-state index in [1.807, 2.05) is 13.8 Å². The largest absolute Gasteiger partial charge is 0.392 e. The van der Waals surface area contributed by atoms with Crippen molar-refractivity contribution in [2.75, 3.05) is 33.5 Å². The van der Waals surface area contributed by atoms with E-state index in [-0.39, 0.29) is 16.9 Å². The predicted molar refractivity (Wildman–Crippen MR) is 78.0 cm³/mol. The van der Waals surface area contributed by atoms with Crippen molar-refractivity contribution in [3.63, 3.8) is 0 Å². The van der Waals surface area contributed by atoms with E-state index < -0.39 is 5.41 Å².